The molecule has 0 radical (unpaired) electrons. The summed E-state index contributed by atoms with van der Waals surface area (Å²) in [7, 11) is 0. The molecular formula is C30H31F3N4O4. The van der Waals surface area contributed by atoms with Gasteiger partial charge in [0.05, 0.1) is 11.3 Å². The molecule has 0 bridgehead atoms. The highest BCUT2D eigenvalue weighted by atomic mass is 19.4. The molecule has 0 fully saturated rings. The SMILES string of the molecule is CCN(CC)CCc1ccc(N/C(=C2\C(=O)Nc3cc(C(N)=O)ccc32)c2ccccc2)cc1.O=C(O)C(F)(F)F. The molecule has 0 saturated carbocycles. The second-order valence-corrected chi connectivity index (χ2v) is 9.10. The van der Waals surface area contributed by atoms with E-state index in [0.29, 0.717) is 22.5 Å². The summed E-state index contributed by atoms with van der Waals surface area (Å²) in [5.74, 6) is -3.51. The fraction of sp³-hybridized carbons (Fsp3) is 0.233. The predicted octanol–water partition coefficient (Wildman–Crippen LogP) is 5.24. The van der Waals surface area contributed by atoms with Crippen molar-refractivity contribution in [3.05, 3.63) is 95.1 Å². The molecule has 8 nitrogen and oxygen atoms in total. The zero-order chi connectivity index (χ0) is 30.2. The zero-order valence-electron chi connectivity index (χ0n) is 22.6. The third-order valence-corrected chi connectivity index (χ3v) is 6.44. The van der Waals surface area contributed by atoms with Gasteiger partial charge >= 0.3 is 12.1 Å². The number of hydrogen-bond donors (Lipinski definition) is 4. The molecule has 3 aromatic rings. The van der Waals surface area contributed by atoms with Crippen molar-refractivity contribution in [2.24, 2.45) is 5.73 Å². The summed E-state index contributed by atoms with van der Waals surface area (Å²) in [5, 5.41) is 13.5. The molecule has 1 aliphatic heterocycles. The number of nitrogens with one attached hydrogen (secondary N) is 2. The van der Waals surface area contributed by atoms with E-state index in [-0.39, 0.29) is 5.91 Å². The number of primary amides is 1. The van der Waals surface area contributed by atoms with Gasteiger partial charge in [0, 0.05) is 29.0 Å². The topological polar surface area (TPSA) is 125 Å². The molecule has 1 aliphatic rings. The number of nitrogens with two attached hydrogens (primary N) is 1. The Morgan fingerprint density at radius 3 is 2.10 bits per heavy atom. The molecule has 0 saturated heterocycles. The molecule has 0 aromatic heterocycles. The highest BCUT2D eigenvalue weighted by Gasteiger charge is 2.38. The van der Waals surface area contributed by atoms with Crippen molar-refractivity contribution >= 4 is 40.4 Å². The molecule has 5 N–H and O–H groups in total. The minimum Gasteiger partial charge on any atom is -0.475 e. The zero-order valence-corrected chi connectivity index (χ0v) is 22.6. The number of halogens is 3. The summed E-state index contributed by atoms with van der Waals surface area (Å²) in [6.07, 6.45) is -4.09. The van der Waals surface area contributed by atoms with Gasteiger partial charge in [-0.2, -0.15) is 13.2 Å². The van der Waals surface area contributed by atoms with Crippen LogP contribution in [0.3, 0.4) is 0 Å². The van der Waals surface area contributed by atoms with E-state index in [0.717, 1.165) is 42.9 Å². The predicted molar refractivity (Wildman–Crippen MR) is 152 cm³/mol. The molecule has 4 rings (SSSR count). The molecule has 2 amide bonds. The lowest BCUT2D eigenvalue weighted by atomic mass is 9.99. The van der Waals surface area contributed by atoms with Gasteiger partial charge in [-0.3, -0.25) is 9.59 Å². The van der Waals surface area contributed by atoms with Crippen molar-refractivity contribution in [1.82, 2.24) is 4.90 Å². The van der Waals surface area contributed by atoms with Gasteiger partial charge in [-0.15, -0.1) is 0 Å². The maximum atomic E-state index is 13.0. The molecule has 0 spiro atoms. The number of benzene rings is 3. The maximum Gasteiger partial charge on any atom is 0.490 e. The first-order valence-corrected chi connectivity index (χ1v) is 12.9. The lowest BCUT2D eigenvalue weighted by Crippen LogP contribution is -2.25. The van der Waals surface area contributed by atoms with Crippen molar-refractivity contribution in [2.75, 3.05) is 30.3 Å². The highest BCUT2D eigenvalue weighted by Crippen LogP contribution is 2.38. The number of alkyl halides is 3. The van der Waals surface area contributed by atoms with E-state index >= 15 is 0 Å². The highest BCUT2D eigenvalue weighted by molar-refractivity contribution is 6.37. The molecule has 1 heterocycles. The Morgan fingerprint density at radius 2 is 1.56 bits per heavy atom. The number of carboxylic acid groups (broad SMARTS) is 1. The van der Waals surface area contributed by atoms with Crippen LogP contribution in [0.5, 0.6) is 0 Å². The average Bonchev–Trinajstić information content (AvgIpc) is 3.28. The quantitative estimate of drug-likeness (QED) is 0.262. The van der Waals surface area contributed by atoms with Crippen LogP contribution in [0.1, 0.15) is 40.9 Å². The number of aliphatic carboxylic acids is 1. The van der Waals surface area contributed by atoms with Gasteiger partial charge in [0.1, 0.15) is 0 Å². The van der Waals surface area contributed by atoms with Crippen LogP contribution in [0.25, 0.3) is 11.3 Å². The minimum absolute atomic E-state index is 0.223. The molecule has 0 aliphatic carbocycles. The Bertz CT molecular complexity index is 1420. The smallest absolute Gasteiger partial charge is 0.475 e. The largest absolute Gasteiger partial charge is 0.490 e. The van der Waals surface area contributed by atoms with Crippen molar-refractivity contribution in [3.63, 3.8) is 0 Å². The lowest BCUT2D eigenvalue weighted by Gasteiger charge is -2.18. The van der Waals surface area contributed by atoms with E-state index in [9.17, 15) is 22.8 Å². The van der Waals surface area contributed by atoms with Gasteiger partial charge in [-0.25, -0.2) is 4.79 Å². The molecule has 11 heteroatoms. The fourth-order valence-electron chi connectivity index (χ4n) is 4.18. The minimum atomic E-state index is -5.08. The summed E-state index contributed by atoms with van der Waals surface area (Å²) in [6, 6.07) is 23.1. The van der Waals surface area contributed by atoms with Gasteiger partial charge in [-0.1, -0.05) is 62.4 Å². The summed E-state index contributed by atoms with van der Waals surface area (Å²) in [4.78, 5) is 35.9. The molecule has 216 valence electrons. The number of carbonyl (C=O) groups is 3. The lowest BCUT2D eigenvalue weighted by molar-refractivity contribution is -0.192. The van der Waals surface area contributed by atoms with Crippen LogP contribution in [-0.2, 0) is 16.0 Å². The molecular weight excluding hydrogens is 537 g/mol. The maximum absolute atomic E-state index is 13.0. The molecule has 0 unspecified atom stereocenters. The molecule has 0 atom stereocenters. The summed E-state index contributed by atoms with van der Waals surface area (Å²) < 4.78 is 31.7. The number of anilines is 2. The fourth-order valence-corrected chi connectivity index (χ4v) is 4.18. The van der Waals surface area contributed by atoms with Crippen molar-refractivity contribution in [2.45, 2.75) is 26.4 Å². The van der Waals surface area contributed by atoms with E-state index in [2.05, 4.69) is 41.5 Å². The van der Waals surface area contributed by atoms with Crippen LogP contribution >= 0.6 is 0 Å². The van der Waals surface area contributed by atoms with Gasteiger partial charge in [-0.05, 0) is 54.9 Å². The number of carbonyl (C=O) groups excluding carboxylic acids is 2. The van der Waals surface area contributed by atoms with E-state index in [4.69, 9.17) is 15.6 Å². The van der Waals surface area contributed by atoms with Crippen LogP contribution < -0.4 is 16.4 Å². The first-order chi connectivity index (χ1) is 19.4. The number of fused-ring (bicyclic) bond motifs is 1. The third kappa shape index (κ3) is 8.18. The van der Waals surface area contributed by atoms with Crippen molar-refractivity contribution in [3.8, 4) is 0 Å². The number of hydrogen-bond acceptors (Lipinski definition) is 5. The van der Waals surface area contributed by atoms with Crippen molar-refractivity contribution < 1.29 is 32.7 Å². The Balaban J connectivity index is 0.000000587. The van der Waals surface area contributed by atoms with Gasteiger partial charge in [0.15, 0.2) is 0 Å². The van der Waals surface area contributed by atoms with E-state index < -0.39 is 18.1 Å². The van der Waals surface area contributed by atoms with Gasteiger partial charge in [0.2, 0.25) is 5.91 Å². The standard InChI is InChI=1S/C28H30N4O2.C2HF3O2/c1-3-32(4-2)17-16-19-10-13-22(14-11-19)30-26(20-8-6-5-7-9-20)25-23-15-12-21(27(29)33)18-24(23)31-28(25)34;3-2(4,5)1(6)7/h5-15,18,30H,3-4,16-17H2,1-2H3,(H2,29,33)(H,31,34);(H,6,7)/b26-25-;. The summed E-state index contributed by atoms with van der Waals surface area (Å²) >= 11 is 0. The van der Waals surface area contributed by atoms with Crippen LogP contribution in [-0.4, -0.2) is 53.6 Å². The van der Waals surface area contributed by atoms with Crippen LogP contribution in [0, 0.1) is 0 Å². The molecule has 3 aromatic carbocycles. The second kappa shape index (κ2) is 13.6. The van der Waals surface area contributed by atoms with E-state index in [1.165, 1.54) is 5.56 Å². The molecule has 41 heavy (non-hydrogen) atoms. The van der Waals surface area contributed by atoms with Crippen molar-refractivity contribution in [1.29, 1.82) is 0 Å². The van der Waals surface area contributed by atoms with Gasteiger partial charge < -0.3 is 26.4 Å². The van der Waals surface area contributed by atoms with Crippen LogP contribution in [0.4, 0.5) is 24.5 Å². The monoisotopic (exact) mass is 568 g/mol. The number of rotatable bonds is 9. The van der Waals surface area contributed by atoms with Crippen LogP contribution in [0.2, 0.25) is 0 Å². The Hall–Kier alpha value is -4.64. The Kier molecular flexibility index (Phi) is 10.3. The van der Waals surface area contributed by atoms with E-state index in [1.54, 1.807) is 18.2 Å². The number of amides is 2. The first kappa shape index (κ1) is 30.9. The first-order valence-electron chi connectivity index (χ1n) is 12.9. The third-order valence-electron chi connectivity index (χ3n) is 6.44. The Morgan fingerprint density at radius 1 is 0.951 bits per heavy atom. The second-order valence-electron chi connectivity index (χ2n) is 9.10. The van der Waals surface area contributed by atoms with E-state index in [1.807, 2.05) is 42.5 Å². The average molecular weight is 569 g/mol. The normalized spacial score (nSPS) is 13.6. The number of nitrogens with zero attached hydrogens (tertiary/aromatic N) is 1. The van der Waals surface area contributed by atoms with Crippen LogP contribution in [0.15, 0.2) is 72.8 Å². The number of carboxylic acids is 1. The van der Waals surface area contributed by atoms with Gasteiger partial charge in [0.25, 0.3) is 5.91 Å². The number of likely N-dealkylation sites (N-methyl/N-ethyl adjacent to an activating group) is 1. The summed E-state index contributed by atoms with van der Waals surface area (Å²) in [5.41, 5.74) is 11.4. The Labute approximate surface area is 235 Å². The summed E-state index contributed by atoms with van der Waals surface area (Å²) in [6.45, 7) is 7.49.